The highest BCUT2D eigenvalue weighted by Crippen LogP contribution is 2.46. The third-order valence-corrected chi connectivity index (χ3v) is 6.99. The third-order valence-electron chi connectivity index (χ3n) is 6.99. The Balaban J connectivity index is 1.32. The lowest BCUT2D eigenvalue weighted by Gasteiger charge is -2.46. The van der Waals surface area contributed by atoms with E-state index in [4.69, 9.17) is 14.0 Å². The molecule has 3 atom stereocenters. The molecule has 3 fully saturated rings. The number of fused-ring (bicyclic) bond motifs is 2. The molecule has 0 radical (unpaired) electrons. The SMILES string of the molecule is O=C(O)C12CCCC(O1)C(COCc1c(-c3ccccc3OC(F)(F)F)noc1C1CC1)CC2. The first kappa shape index (κ1) is 23.2. The van der Waals surface area contributed by atoms with E-state index in [2.05, 4.69) is 9.89 Å². The van der Waals surface area contributed by atoms with Crippen LogP contribution in [0.4, 0.5) is 13.2 Å². The van der Waals surface area contributed by atoms with Crippen LogP contribution in [-0.4, -0.2) is 40.9 Å². The zero-order chi connectivity index (χ0) is 23.9. The molecule has 1 aromatic carbocycles. The fourth-order valence-electron chi connectivity index (χ4n) is 5.10. The molecule has 184 valence electrons. The maximum Gasteiger partial charge on any atom is 0.573 e. The van der Waals surface area contributed by atoms with Gasteiger partial charge in [0.15, 0.2) is 5.60 Å². The summed E-state index contributed by atoms with van der Waals surface area (Å²) < 4.78 is 60.6. The molecule has 0 spiro atoms. The van der Waals surface area contributed by atoms with Gasteiger partial charge in [-0.3, -0.25) is 0 Å². The Bertz CT molecular complexity index is 1050. The van der Waals surface area contributed by atoms with Crippen molar-refractivity contribution in [1.29, 1.82) is 0 Å². The summed E-state index contributed by atoms with van der Waals surface area (Å²) in [5, 5.41) is 13.7. The quantitative estimate of drug-likeness (QED) is 0.537. The van der Waals surface area contributed by atoms with E-state index < -0.39 is 17.9 Å². The Morgan fingerprint density at radius 2 is 1.97 bits per heavy atom. The number of hydrogen-bond donors (Lipinski definition) is 1. The first-order chi connectivity index (χ1) is 16.3. The van der Waals surface area contributed by atoms with Crippen LogP contribution in [0, 0.1) is 5.92 Å². The van der Waals surface area contributed by atoms with Gasteiger partial charge in [-0.15, -0.1) is 13.2 Å². The molecule has 2 saturated heterocycles. The molecule has 2 aromatic rings. The monoisotopic (exact) mass is 481 g/mol. The fourth-order valence-corrected chi connectivity index (χ4v) is 5.10. The smallest absolute Gasteiger partial charge is 0.479 e. The van der Waals surface area contributed by atoms with Gasteiger partial charge in [0.2, 0.25) is 0 Å². The number of aliphatic carboxylic acids is 1. The standard InChI is InChI=1S/C24H26F3NO6/c25-24(26,27)33-19-5-2-1-4-16(19)20-17(21(34-28-20)14-7-8-14)13-31-12-15-9-11-23(22(29)30)10-3-6-18(15)32-23/h1-2,4-5,14-15,18H,3,6-13H2,(H,29,30). The summed E-state index contributed by atoms with van der Waals surface area (Å²) in [6, 6.07) is 5.84. The van der Waals surface area contributed by atoms with Gasteiger partial charge in [0.05, 0.1) is 19.3 Å². The van der Waals surface area contributed by atoms with Crippen molar-refractivity contribution in [1.82, 2.24) is 5.16 Å². The average Bonchev–Trinajstić information content (AvgIpc) is 3.55. The molecule has 2 bridgehead atoms. The van der Waals surface area contributed by atoms with Gasteiger partial charge in [-0.25, -0.2) is 4.79 Å². The van der Waals surface area contributed by atoms with Crippen LogP contribution in [0.1, 0.15) is 62.2 Å². The molecule has 1 aromatic heterocycles. The van der Waals surface area contributed by atoms with Gasteiger partial charge in [0.25, 0.3) is 0 Å². The fraction of sp³-hybridized carbons (Fsp3) is 0.583. The van der Waals surface area contributed by atoms with E-state index in [9.17, 15) is 23.1 Å². The van der Waals surface area contributed by atoms with Crippen LogP contribution in [-0.2, 0) is 20.9 Å². The Kier molecular flexibility index (Phi) is 6.05. The number of hydrogen-bond acceptors (Lipinski definition) is 6. The maximum atomic E-state index is 12.9. The number of carboxylic acids is 1. The molecule has 1 N–H and O–H groups in total. The number of para-hydroxylation sites is 1. The van der Waals surface area contributed by atoms with Crippen LogP contribution in [0.5, 0.6) is 5.75 Å². The second kappa shape index (κ2) is 8.88. The number of benzene rings is 1. The van der Waals surface area contributed by atoms with E-state index in [0.717, 1.165) is 25.7 Å². The van der Waals surface area contributed by atoms with Crippen LogP contribution in [0.15, 0.2) is 28.8 Å². The molecular formula is C24H26F3NO6. The highest BCUT2D eigenvalue weighted by molar-refractivity contribution is 5.77. The largest absolute Gasteiger partial charge is 0.573 e. The number of halogens is 3. The molecule has 0 amide bonds. The van der Waals surface area contributed by atoms with E-state index in [1.54, 1.807) is 6.07 Å². The minimum Gasteiger partial charge on any atom is -0.479 e. The minimum absolute atomic E-state index is 0.0568. The number of aromatic nitrogens is 1. The number of rotatable bonds is 8. The molecule has 2 aliphatic heterocycles. The Hall–Kier alpha value is -2.59. The van der Waals surface area contributed by atoms with Crippen molar-refractivity contribution >= 4 is 5.97 Å². The van der Waals surface area contributed by atoms with Gasteiger partial charge in [-0.05, 0) is 57.1 Å². The summed E-state index contributed by atoms with van der Waals surface area (Å²) >= 11 is 0. The normalized spacial score (nSPS) is 26.9. The highest BCUT2D eigenvalue weighted by atomic mass is 19.4. The second-order valence-corrected chi connectivity index (χ2v) is 9.35. The van der Waals surface area contributed by atoms with Gasteiger partial charge in [-0.1, -0.05) is 17.3 Å². The van der Waals surface area contributed by atoms with Crippen molar-refractivity contribution in [3.05, 3.63) is 35.6 Å². The summed E-state index contributed by atoms with van der Waals surface area (Å²) in [7, 11) is 0. The van der Waals surface area contributed by atoms with Crippen LogP contribution in [0.2, 0.25) is 0 Å². The van der Waals surface area contributed by atoms with Crippen molar-refractivity contribution in [2.75, 3.05) is 6.61 Å². The molecule has 3 heterocycles. The lowest BCUT2D eigenvalue weighted by atomic mass is 9.77. The molecule has 5 rings (SSSR count). The zero-order valence-electron chi connectivity index (χ0n) is 18.5. The molecule has 34 heavy (non-hydrogen) atoms. The van der Waals surface area contributed by atoms with E-state index >= 15 is 0 Å². The van der Waals surface area contributed by atoms with Crippen LogP contribution in [0.3, 0.4) is 0 Å². The predicted octanol–water partition coefficient (Wildman–Crippen LogP) is 5.44. The number of carbonyl (C=O) groups is 1. The Labute approximate surface area is 194 Å². The number of ether oxygens (including phenoxy) is 3. The Morgan fingerprint density at radius 3 is 2.71 bits per heavy atom. The zero-order valence-corrected chi connectivity index (χ0v) is 18.5. The van der Waals surface area contributed by atoms with E-state index in [1.165, 1.54) is 18.2 Å². The molecule has 1 aliphatic carbocycles. The van der Waals surface area contributed by atoms with Gasteiger partial charge in [-0.2, -0.15) is 0 Å². The van der Waals surface area contributed by atoms with Crippen LogP contribution < -0.4 is 4.74 Å². The molecule has 7 nitrogen and oxygen atoms in total. The topological polar surface area (TPSA) is 91.0 Å². The van der Waals surface area contributed by atoms with E-state index in [0.29, 0.717) is 37.2 Å². The van der Waals surface area contributed by atoms with Crippen LogP contribution >= 0.6 is 0 Å². The molecule has 3 aliphatic rings. The average molecular weight is 481 g/mol. The predicted molar refractivity (Wildman–Crippen MR) is 112 cm³/mol. The van der Waals surface area contributed by atoms with Gasteiger partial charge < -0.3 is 23.8 Å². The minimum atomic E-state index is -4.83. The third kappa shape index (κ3) is 4.65. The first-order valence-electron chi connectivity index (χ1n) is 11.6. The number of carboxylic acid groups (broad SMARTS) is 1. The van der Waals surface area contributed by atoms with Gasteiger partial charge in [0.1, 0.15) is 17.2 Å². The van der Waals surface area contributed by atoms with Crippen molar-refractivity contribution < 1.29 is 41.8 Å². The Morgan fingerprint density at radius 1 is 1.18 bits per heavy atom. The molecular weight excluding hydrogens is 455 g/mol. The van der Waals surface area contributed by atoms with Crippen molar-refractivity contribution in [2.24, 2.45) is 5.92 Å². The van der Waals surface area contributed by atoms with Crippen molar-refractivity contribution in [2.45, 2.75) is 75.5 Å². The summed E-state index contributed by atoms with van der Waals surface area (Å²) in [5.41, 5.74) is 0.0151. The van der Waals surface area contributed by atoms with Gasteiger partial charge in [0, 0.05) is 23.0 Å². The first-order valence-corrected chi connectivity index (χ1v) is 11.6. The maximum absolute atomic E-state index is 12.9. The summed E-state index contributed by atoms with van der Waals surface area (Å²) in [6.07, 6.45) is 0.0944. The summed E-state index contributed by atoms with van der Waals surface area (Å²) in [4.78, 5) is 11.7. The second-order valence-electron chi connectivity index (χ2n) is 9.35. The molecule has 1 saturated carbocycles. The number of nitrogens with zero attached hydrogens (tertiary/aromatic N) is 1. The molecule has 3 unspecified atom stereocenters. The van der Waals surface area contributed by atoms with Crippen molar-refractivity contribution in [3.8, 4) is 17.0 Å². The van der Waals surface area contributed by atoms with Gasteiger partial charge >= 0.3 is 12.3 Å². The summed E-state index contributed by atoms with van der Waals surface area (Å²) in [5.74, 6) is -0.372. The highest BCUT2D eigenvalue weighted by Gasteiger charge is 2.49. The van der Waals surface area contributed by atoms with Crippen LogP contribution in [0.25, 0.3) is 11.3 Å². The van der Waals surface area contributed by atoms with Crippen molar-refractivity contribution in [3.63, 3.8) is 0 Å². The number of alkyl halides is 3. The van der Waals surface area contributed by atoms with E-state index in [-0.39, 0.29) is 41.6 Å². The van der Waals surface area contributed by atoms with E-state index in [1.807, 2.05) is 0 Å². The summed E-state index contributed by atoms with van der Waals surface area (Å²) in [6.45, 7) is 0.480. The molecule has 10 heteroatoms. The lowest BCUT2D eigenvalue weighted by molar-refractivity contribution is -0.274. The lowest BCUT2D eigenvalue weighted by Crippen LogP contribution is -2.53.